The highest BCUT2D eigenvalue weighted by Gasteiger charge is 2.09. The van der Waals surface area contributed by atoms with E-state index >= 15 is 0 Å². The fraction of sp³-hybridized carbons (Fsp3) is 0.500. The Bertz CT molecular complexity index is 316. The van der Waals surface area contributed by atoms with Crippen molar-refractivity contribution in [3.63, 3.8) is 0 Å². The molecule has 0 amide bonds. The fourth-order valence-corrected chi connectivity index (χ4v) is 2.19. The van der Waals surface area contributed by atoms with Crippen LogP contribution in [0, 0.1) is 0 Å². The smallest absolute Gasteiger partial charge is 0.0542 e. The van der Waals surface area contributed by atoms with E-state index in [1.165, 1.54) is 0 Å². The normalized spacial score (nSPS) is 13.8. The summed E-state index contributed by atoms with van der Waals surface area (Å²) in [7, 11) is -0.881. The summed E-state index contributed by atoms with van der Waals surface area (Å²) in [6.45, 7) is 7.11. The highest BCUT2D eigenvalue weighted by Crippen LogP contribution is 2.05. The minimum Gasteiger partial charge on any atom is -0.311 e. The molecule has 0 aliphatic rings. The summed E-state index contributed by atoms with van der Waals surface area (Å²) in [6, 6.07) is 9.60. The Hall–Kier alpha value is -0.670. The Morgan fingerprint density at radius 2 is 1.80 bits per heavy atom. The minimum absolute atomic E-state index is 0.0981. The van der Waals surface area contributed by atoms with Gasteiger partial charge in [0.1, 0.15) is 0 Å². The molecule has 0 bridgehead atoms. The summed E-state index contributed by atoms with van der Waals surface area (Å²) in [5.74, 6) is 0.668. The topological polar surface area (TPSA) is 29.1 Å². The third-order valence-electron chi connectivity index (χ3n) is 1.95. The second-order valence-electron chi connectivity index (χ2n) is 4.54. The molecule has 0 fully saturated rings. The third-order valence-corrected chi connectivity index (χ3v) is 3.32. The average molecular weight is 225 g/mol. The van der Waals surface area contributed by atoms with Crippen LogP contribution >= 0.6 is 0 Å². The molecule has 3 heteroatoms. The van der Waals surface area contributed by atoms with E-state index in [1.54, 1.807) is 0 Å². The van der Waals surface area contributed by atoms with Crippen LogP contribution in [0.2, 0.25) is 0 Å². The van der Waals surface area contributed by atoms with Gasteiger partial charge in [-0.3, -0.25) is 4.21 Å². The average Bonchev–Trinajstić information content (AvgIpc) is 2.17. The molecule has 0 heterocycles. The van der Waals surface area contributed by atoms with Gasteiger partial charge in [0.15, 0.2) is 0 Å². The molecule has 0 saturated carbocycles. The van der Waals surface area contributed by atoms with E-state index in [4.69, 9.17) is 0 Å². The predicted octanol–water partition coefficient (Wildman–Crippen LogP) is 2.18. The van der Waals surface area contributed by atoms with Crippen molar-refractivity contribution in [2.24, 2.45) is 0 Å². The molecule has 2 nitrogen and oxygen atoms in total. The van der Waals surface area contributed by atoms with E-state index in [0.29, 0.717) is 5.75 Å². The second-order valence-corrected chi connectivity index (χ2v) is 6.11. The summed E-state index contributed by atoms with van der Waals surface area (Å²) in [5.41, 5.74) is 0.0981. The maximum absolute atomic E-state index is 11.8. The van der Waals surface area contributed by atoms with Crippen molar-refractivity contribution in [3.8, 4) is 0 Å². The van der Waals surface area contributed by atoms with Gasteiger partial charge in [0.25, 0.3) is 0 Å². The van der Waals surface area contributed by atoms with Crippen LogP contribution in [0.1, 0.15) is 20.8 Å². The summed E-state index contributed by atoms with van der Waals surface area (Å²) in [6.07, 6.45) is 0. The quantitative estimate of drug-likeness (QED) is 0.851. The van der Waals surface area contributed by atoms with Gasteiger partial charge in [0.05, 0.1) is 10.8 Å². The number of benzene rings is 1. The summed E-state index contributed by atoms with van der Waals surface area (Å²) >= 11 is 0. The van der Waals surface area contributed by atoms with Gasteiger partial charge in [-0.25, -0.2) is 0 Å². The zero-order valence-electron chi connectivity index (χ0n) is 9.62. The number of hydrogen-bond donors (Lipinski definition) is 1. The van der Waals surface area contributed by atoms with Crippen molar-refractivity contribution in [2.45, 2.75) is 31.2 Å². The first kappa shape index (κ1) is 12.4. The number of rotatable bonds is 4. The van der Waals surface area contributed by atoms with Crippen molar-refractivity contribution >= 4 is 10.8 Å². The molecule has 1 unspecified atom stereocenters. The highest BCUT2D eigenvalue weighted by atomic mass is 32.2. The van der Waals surface area contributed by atoms with Crippen LogP contribution in [-0.4, -0.2) is 22.0 Å². The monoisotopic (exact) mass is 225 g/mol. The van der Waals surface area contributed by atoms with Gasteiger partial charge in [0.2, 0.25) is 0 Å². The Morgan fingerprint density at radius 3 is 2.33 bits per heavy atom. The van der Waals surface area contributed by atoms with Gasteiger partial charge >= 0.3 is 0 Å². The molecule has 15 heavy (non-hydrogen) atoms. The van der Waals surface area contributed by atoms with Crippen molar-refractivity contribution in [1.82, 2.24) is 5.32 Å². The molecular weight excluding hydrogens is 206 g/mol. The molecule has 1 atom stereocenters. The first-order chi connectivity index (χ1) is 6.99. The van der Waals surface area contributed by atoms with E-state index in [-0.39, 0.29) is 5.54 Å². The Kier molecular flexibility index (Phi) is 4.48. The Labute approximate surface area is 94.5 Å². The number of hydrogen-bond acceptors (Lipinski definition) is 2. The molecule has 1 rings (SSSR count). The van der Waals surface area contributed by atoms with E-state index in [2.05, 4.69) is 26.1 Å². The minimum atomic E-state index is -0.881. The molecule has 0 saturated heterocycles. The van der Waals surface area contributed by atoms with Gasteiger partial charge in [-0.2, -0.15) is 0 Å². The van der Waals surface area contributed by atoms with Crippen molar-refractivity contribution in [3.05, 3.63) is 30.3 Å². The van der Waals surface area contributed by atoms with Gasteiger partial charge < -0.3 is 5.32 Å². The molecule has 1 aromatic rings. The molecule has 0 aliphatic heterocycles. The van der Waals surface area contributed by atoms with Gasteiger partial charge in [-0.05, 0) is 32.9 Å². The maximum Gasteiger partial charge on any atom is 0.0542 e. The Balaban J connectivity index is 2.38. The van der Waals surface area contributed by atoms with Crippen LogP contribution in [0.15, 0.2) is 35.2 Å². The molecule has 84 valence electrons. The van der Waals surface area contributed by atoms with E-state index < -0.39 is 10.8 Å². The molecule has 1 aromatic carbocycles. The number of nitrogens with one attached hydrogen (secondary N) is 1. The molecule has 0 spiro atoms. The first-order valence-electron chi connectivity index (χ1n) is 5.17. The van der Waals surface area contributed by atoms with E-state index in [9.17, 15) is 4.21 Å². The van der Waals surface area contributed by atoms with Crippen LogP contribution in [-0.2, 0) is 10.8 Å². The van der Waals surface area contributed by atoms with Crippen molar-refractivity contribution in [2.75, 3.05) is 12.3 Å². The van der Waals surface area contributed by atoms with Crippen molar-refractivity contribution in [1.29, 1.82) is 0 Å². The lowest BCUT2D eigenvalue weighted by Crippen LogP contribution is -2.38. The second kappa shape index (κ2) is 5.42. The van der Waals surface area contributed by atoms with Crippen molar-refractivity contribution < 1.29 is 4.21 Å². The lowest BCUT2D eigenvalue weighted by molar-refractivity contribution is 0.440. The van der Waals surface area contributed by atoms with Crippen LogP contribution in [0.4, 0.5) is 0 Å². The first-order valence-corrected chi connectivity index (χ1v) is 6.49. The van der Waals surface area contributed by atoms with Crippen LogP contribution in [0.25, 0.3) is 0 Å². The SMILES string of the molecule is CC(C)(C)NCCS(=O)c1ccccc1. The Morgan fingerprint density at radius 1 is 1.20 bits per heavy atom. The third kappa shape index (κ3) is 5.09. The maximum atomic E-state index is 11.8. The van der Waals surface area contributed by atoms with Gasteiger partial charge in [-0.15, -0.1) is 0 Å². The van der Waals surface area contributed by atoms with Crippen LogP contribution in [0.5, 0.6) is 0 Å². The standard InChI is InChI=1S/C12H19NOS/c1-12(2,3)13-9-10-15(14)11-7-5-4-6-8-11/h4-8,13H,9-10H2,1-3H3. The van der Waals surface area contributed by atoms with Gasteiger partial charge in [0, 0.05) is 22.7 Å². The van der Waals surface area contributed by atoms with Crippen LogP contribution in [0.3, 0.4) is 0 Å². The predicted molar refractivity (Wildman–Crippen MR) is 65.5 cm³/mol. The van der Waals surface area contributed by atoms with Gasteiger partial charge in [-0.1, -0.05) is 18.2 Å². The largest absolute Gasteiger partial charge is 0.311 e. The van der Waals surface area contributed by atoms with E-state index in [1.807, 2.05) is 30.3 Å². The molecule has 0 aromatic heterocycles. The lowest BCUT2D eigenvalue weighted by atomic mass is 10.1. The molecule has 1 N–H and O–H groups in total. The van der Waals surface area contributed by atoms with E-state index in [0.717, 1.165) is 11.4 Å². The molecule has 0 radical (unpaired) electrons. The summed E-state index contributed by atoms with van der Waals surface area (Å²) in [5, 5.41) is 3.33. The summed E-state index contributed by atoms with van der Waals surface area (Å²) in [4.78, 5) is 0.910. The zero-order valence-corrected chi connectivity index (χ0v) is 10.4. The fourth-order valence-electron chi connectivity index (χ4n) is 1.21. The zero-order chi connectivity index (χ0) is 11.3. The molecule has 0 aliphatic carbocycles. The van der Waals surface area contributed by atoms with Crippen LogP contribution < -0.4 is 5.32 Å². The summed E-state index contributed by atoms with van der Waals surface area (Å²) < 4.78 is 11.8. The molecular formula is C12H19NOS. The highest BCUT2D eigenvalue weighted by molar-refractivity contribution is 7.85. The lowest BCUT2D eigenvalue weighted by Gasteiger charge is -2.20.